The number of nitrogens with one attached hydrogen (secondary N) is 1. The molecule has 0 aromatic heterocycles. The number of hydrogen-bond acceptors (Lipinski definition) is 4. The van der Waals surface area contributed by atoms with Gasteiger partial charge in [0.25, 0.3) is 0 Å². The van der Waals surface area contributed by atoms with Gasteiger partial charge in [0.2, 0.25) is 15.9 Å². The van der Waals surface area contributed by atoms with E-state index in [0.29, 0.717) is 48.0 Å². The van der Waals surface area contributed by atoms with E-state index in [0.717, 1.165) is 0 Å². The third-order valence-corrected chi connectivity index (χ3v) is 6.89. The number of carbonyl (C=O) groups is 1. The van der Waals surface area contributed by atoms with Gasteiger partial charge in [-0.1, -0.05) is 29.8 Å². The van der Waals surface area contributed by atoms with Gasteiger partial charge in [0.05, 0.1) is 18.3 Å². The summed E-state index contributed by atoms with van der Waals surface area (Å²) >= 11 is 5.87. The molecule has 3 rings (SSSR count). The van der Waals surface area contributed by atoms with E-state index in [-0.39, 0.29) is 24.1 Å². The first-order valence-corrected chi connectivity index (χ1v) is 11.6. The lowest BCUT2D eigenvalue weighted by Crippen LogP contribution is -2.44. The van der Waals surface area contributed by atoms with E-state index in [4.69, 9.17) is 16.3 Å². The standard InChI is InChI=1S/C21H25ClN2O4S/c1-2-28-20-7-3-6-19(13-20)23-21(25)17-5-4-12-24(14-17)29(26,27)15-16-8-10-18(22)11-9-16/h3,6-11,13,17H,2,4-5,12,14-15H2,1H3,(H,23,25)/t17-/m1/s1. The van der Waals surface area contributed by atoms with Crippen molar-refractivity contribution in [1.82, 2.24) is 4.31 Å². The van der Waals surface area contributed by atoms with Crippen molar-refractivity contribution in [3.8, 4) is 5.75 Å². The third kappa shape index (κ3) is 5.95. The summed E-state index contributed by atoms with van der Waals surface area (Å²) in [5.74, 6) is 0.0141. The topological polar surface area (TPSA) is 75.7 Å². The highest BCUT2D eigenvalue weighted by Gasteiger charge is 2.32. The van der Waals surface area contributed by atoms with Gasteiger partial charge in [-0.3, -0.25) is 4.79 Å². The second kappa shape index (κ2) is 9.61. The van der Waals surface area contributed by atoms with Crippen LogP contribution in [0.1, 0.15) is 25.3 Å². The molecule has 2 aromatic carbocycles. The molecule has 1 aliphatic heterocycles. The minimum Gasteiger partial charge on any atom is -0.494 e. The first-order valence-electron chi connectivity index (χ1n) is 9.63. The minimum absolute atomic E-state index is 0.102. The highest BCUT2D eigenvalue weighted by molar-refractivity contribution is 7.88. The van der Waals surface area contributed by atoms with Crippen LogP contribution in [0.2, 0.25) is 5.02 Å². The van der Waals surface area contributed by atoms with Crippen LogP contribution in [0.25, 0.3) is 0 Å². The van der Waals surface area contributed by atoms with Crippen LogP contribution in [0, 0.1) is 5.92 Å². The van der Waals surface area contributed by atoms with Gasteiger partial charge >= 0.3 is 0 Å². The molecule has 6 nitrogen and oxygen atoms in total. The van der Waals surface area contributed by atoms with Crippen molar-refractivity contribution in [1.29, 1.82) is 0 Å². The smallest absolute Gasteiger partial charge is 0.228 e. The van der Waals surface area contributed by atoms with Gasteiger partial charge in [-0.25, -0.2) is 12.7 Å². The summed E-state index contributed by atoms with van der Waals surface area (Å²) < 4.78 is 32.5. The van der Waals surface area contributed by atoms with Crippen molar-refractivity contribution in [3.05, 3.63) is 59.1 Å². The summed E-state index contributed by atoms with van der Waals surface area (Å²) in [4.78, 5) is 12.7. The fourth-order valence-electron chi connectivity index (χ4n) is 3.37. The maximum absolute atomic E-state index is 12.8. The first-order chi connectivity index (χ1) is 13.9. The lowest BCUT2D eigenvalue weighted by molar-refractivity contribution is -0.120. The van der Waals surface area contributed by atoms with Crippen molar-refractivity contribution in [3.63, 3.8) is 0 Å². The van der Waals surface area contributed by atoms with Crippen LogP contribution >= 0.6 is 11.6 Å². The summed E-state index contributed by atoms with van der Waals surface area (Å²) in [5.41, 5.74) is 1.32. The van der Waals surface area contributed by atoms with Gasteiger partial charge < -0.3 is 10.1 Å². The van der Waals surface area contributed by atoms with E-state index >= 15 is 0 Å². The second-order valence-corrected chi connectivity index (χ2v) is 9.44. The molecule has 0 saturated carbocycles. The number of rotatable bonds is 7. The quantitative estimate of drug-likeness (QED) is 0.713. The summed E-state index contributed by atoms with van der Waals surface area (Å²) in [6.07, 6.45) is 1.31. The summed E-state index contributed by atoms with van der Waals surface area (Å²) in [5, 5.41) is 3.45. The monoisotopic (exact) mass is 436 g/mol. The van der Waals surface area contributed by atoms with Crippen LogP contribution in [0.5, 0.6) is 5.75 Å². The van der Waals surface area contributed by atoms with Crippen LogP contribution in [0.3, 0.4) is 0 Å². The van der Waals surface area contributed by atoms with E-state index < -0.39 is 10.0 Å². The Kier molecular flexibility index (Phi) is 7.16. The number of piperidine rings is 1. The Morgan fingerprint density at radius 3 is 2.72 bits per heavy atom. The molecule has 1 heterocycles. The van der Waals surface area contributed by atoms with Gasteiger partial charge in [-0.05, 0) is 49.6 Å². The molecular formula is C21H25ClN2O4S. The summed E-state index contributed by atoms with van der Waals surface area (Å²) in [7, 11) is -3.51. The molecule has 2 aromatic rings. The average molecular weight is 437 g/mol. The zero-order valence-corrected chi connectivity index (χ0v) is 17.9. The van der Waals surface area contributed by atoms with E-state index in [2.05, 4.69) is 5.32 Å². The fourth-order valence-corrected chi connectivity index (χ4v) is 5.10. The number of ether oxygens (including phenoxy) is 1. The number of carbonyl (C=O) groups excluding carboxylic acids is 1. The fraction of sp³-hybridized carbons (Fsp3) is 0.381. The van der Waals surface area contributed by atoms with E-state index in [1.165, 1.54) is 4.31 Å². The molecule has 0 unspecified atom stereocenters. The average Bonchev–Trinajstić information content (AvgIpc) is 2.70. The number of nitrogens with zero attached hydrogens (tertiary/aromatic N) is 1. The van der Waals surface area contributed by atoms with Crippen LogP contribution < -0.4 is 10.1 Å². The number of hydrogen-bond donors (Lipinski definition) is 1. The second-order valence-electron chi connectivity index (χ2n) is 7.03. The molecule has 29 heavy (non-hydrogen) atoms. The van der Waals surface area contributed by atoms with Gasteiger partial charge in [-0.2, -0.15) is 0 Å². The molecule has 0 radical (unpaired) electrons. The molecule has 1 fully saturated rings. The Morgan fingerprint density at radius 2 is 2.00 bits per heavy atom. The van der Waals surface area contributed by atoms with E-state index in [1.54, 1.807) is 36.4 Å². The maximum Gasteiger partial charge on any atom is 0.228 e. The zero-order valence-electron chi connectivity index (χ0n) is 16.3. The predicted octanol–water partition coefficient (Wildman–Crippen LogP) is 3.92. The van der Waals surface area contributed by atoms with Crippen molar-refractivity contribution in [2.45, 2.75) is 25.5 Å². The number of sulfonamides is 1. The van der Waals surface area contributed by atoms with Gasteiger partial charge in [0, 0.05) is 29.9 Å². The Morgan fingerprint density at radius 1 is 1.24 bits per heavy atom. The van der Waals surface area contributed by atoms with E-state index in [9.17, 15) is 13.2 Å². The Balaban J connectivity index is 1.64. The Labute approximate surface area is 176 Å². The molecule has 0 aliphatic carbocycles. The molecule has 8 heteroatoms. The van der Waals surface area contributed by atoms with Crippen LogP contribution in [0.4, 0.5) is 5.69 Å². The van der Waals surface area contributed by atoms with Crippen LogP contribution in [-0.4, -0.2) is 38.3 Å². The van der Waals surface area contributed by atoms with Gasteiger partial charge in [0.1, 0.15) is 5.75 Å². The number of benzene rings is 2. The molecule has 0 bridgehead atoms. The van der Waals surface area contributed by atoms with Crippen molar-refractivity contribution >= 4 is 33.2 Å². The first kappa shape index (κ1) is 21.6. The lowest BCUT2D eigenvalue weighted by Gasteiger charge is -2.31. The molecule has 1 amide bonds. The molecular weight excluding hydrogens is 412 g/mol. The molecule has 1 atom stereocenters. The normalized spacial score (nSPS) is 17.7. The molecule has 156 valence electrons. The molecule has 1 aliphatic rings. The molecule has 0 spiro atoms. The van der Waals surface area contributed by atoms with Crippen molar-refractivity contribution in [2.24, 2.45) is 5.92 Å². The minimum atomic E-state index is -3.51. The summed E-state index contributed by atoms with van der Waals surface area (Å²) in [6.45, 7) is 3.05. The van der Waals surface area contributed by atoms with Crippen molar-refractivity contribution in [2.75, 3.05) is 25.0 Å². The van der Waals surface area contributed by atoms with Gasteiger partial charge in [-0.15, -0.1) is 0 Å². The van der Waals surface area contributed by atoms with Crippen LogP contribution in [-0.2, 0) is 20.6 Å². The highest BCUT2D eigenvalue weighted by Crippen LogP contribution is 2.24. The SMILES string of the molecule is CCOc1cccc(NC(=O)[C@@H]2CCCN(S(=O)(=O)Cc3ccc(Cl)cc3)C2)c1. The zero-order chi connectivity index (χ0) is 20.9. The maximum atomic E-state index is 12.8. The predicted molar refractivity (Wildman–Crippen MR) is 115 cm³/mol. The highest BCUT2D eigenvalue weighted by atomic mass is 35.5. The van der Waals surface area contributed by atoms with Crippen molar-refractivity contribution < 1.29 is 17.9 Å². The molecule has 1 saturated heterocycles. The van der Waals surface area contributed by atoms with Gasteiger partial charge in [0.15, 0.2) is 0 Å². The Hall–Kier alpha value is -2.09. The third-order valence-electron chi connectivity index (χ3n) is 4.82. The lowest BCUT2D eigenvalue weighted by atomic mass is 9.98. The number of anilines is 1. The number of halogens is 1. The summed E-state index contributed by atoms with van der Waals surface area (Å²) in [6, 6.07) is 14.0. The largest absolute Gasteiger partial charge is 0.494 e. The van der Waals surface area contributed by atoms with Crippen LogP contribution in [0.15, 0.2) is 48.5 Å². The molecule has 1 N–H and O–H groups in total. The Bertz CT molecular complexity index is 947. The number of amides is 1. The van der Waals surface area contributed by atoms with E-state index in [1.807, 2.05) is 19.1 Å².